The largest absolute Gasteiger partial charge is 0.285 e. The molecule has 0 fully saturated rings. The molecule has 0 saturated carbocycles. The van der Waals surface area contributed by atoms with Gasteiger partial charge in [0.1, 0.15) is 0 Å². The van der Waals surface area contributed by atoms with Crippen molar-refractivity contribution in [2.75, 3.05) is 6.54 Å². The minimum absolute atomic E-state index is 0.0188. The Labute approximate surface area is 128 Å². The summed E-state index contributed by atoms with van der Waals surface area (Å²) >= 11 is 0. The van der Waals surface area contributed by atoms with Crippen LogP contribution in [0.25, 0.3) is 0 Å². The fourth-order valence-electron chi connectivity index (χ4n) is 2.81. The van der Waals surface area contributed by atoms with E-state index in [-0.39, 0.29) is 11.3 Å². The van der Waals surface area contributed by atoms with E-state index in [0.29, 0.717) is 0 Å². The monoisotopic (exact) mass is 280 g/mol. The summed E-state index contributed by atoms with van der Waals surface area (Å²) in [6, 6.07) is 2.35. The maximum Gasteiger partial charge on any atom is 0.0697 e. The molecule has 0 aromatic rings. The van der Waals surface area contributed by atoms with E-state index in [1.54, 1.807) is 0 Å². The average molecular weight is 280 g/mol. The Balaban J connectivity index is 2.17. The molecule has 2 heteroatoms. The molecule has 0 aromatic carbocycles. The Kier molecular flexibility index (Phi) is 4.96. The van der Waals surface area contributed by atoms with E-state index in [1.165, 1.54) is 11.1 Å². The maximum absolute atomic E-state index is 9.15. The van der Waals surface area contributed by atoms with Gasteiger partial charge < -0.3 is 0 Å². The molecule has 0 saturated heterocycles. The number of aliphatic imine (C=N–C) groups is 1. The van der Waals surface area contributed by atoms with E-state index in [4.69, 9.17) is 10.3 Å². The molecule has 0 aromatic heterocycles. The van der Waals surface area contributed by atoms with Gasteiger partial charge in [0.2, 0.25) is 0 Å². The van der Waals surface area contributed by atoms with E-state index < -0.39 is 0 Å². The van der Waals surface area contributed by atoms with Crippen molar-refractivity contribution in [2.24, 2.45) is 16.3 Å². The van der Waals surface area contributed by atoms with E-state index >= 15 is 0 Å². The van der Waals surface area contributed by atoms with Gasteiger partial charge in [0.25, 0.3) is 0 Å². The highest BCUT2D eigenvalue weighted by Gasteiger charge is 2.28. The molecule has 0 N–H and O–H groups in total. The van der Waals surface area contributed by atoms with Gasteiger partial charge in [-0.1, -0.05) is 49.8 Å². The third-order valence-corrected chi connectivity index (χ3v) is 3.96. The summed E-state index contributed by atoms with van der Waals surface area (Å²) in [5, 5.41) is 9.15. The van der Waals surface area contributed by atoms with Crippen LogP contribution in [0.3, 0.4) is 0 Å². The molecular formula is C19H24N2. The SMILES string of the molecule is CC(C#N)C1=CC(=NCC2=CC=CCC=C2)CC(C)(C)C1. The first-order valence-electron chi connectivity index (χ1n) is 7.66. The van der Waals surface area contributed by atoms with Gasteiger partial charge >= 0.3 is 0 Å². The lowest BCUT2D eigenvalue weighted by molar-refractivity contribution is 0.363. The van der Waals surface area contributed by atoms with Crippen LogP contribution < -0.4 is 0 Å². The van der Waals surface area contributed by atoms with Gasteiger partial charge in [-0.2, -0.15) is 5.26 Å². The first-order chi connectivity index (χ1) is 10.00. The van der Waals surface area contributed by atoms with Gasteiger partial charge in [-0.15, -0.1) is 0 Å². The number of nitrogens with zero attached hydrogens (tertiary/aromatic N) is 2. The molecule has 110 valence electrons. The van der Waals surface area contributed by atoms with Gasteiger partial charge in [-0.3, -0.25) is 4.99 Å². The van der Waals surface area contributed by atoms with Gasteiger partial charge in [0, 0.05) is 5.71 Å². The predicted molar refractivity (Wildman–Crippen MR) is 89.2 cm³/mol. The molecule has 0 heterocycles. The second-order valence-corrected chi connectivity index (χ2v) is 6.70. The van der Waals surface area contributed by atoms with Crippen molar-refractivity contribution >= 4 is 5.71 Å². The van der Waals surface area contributed by atoms with Crippen LogP contribution in [0, 0.1) is 22.7 Å². The zero-order valence-corrected chi connectivity index (χ0v) is 13.3. The maximum atomic E-state index is 9.15. The van der Waals surface area contributed by atoms with Crippen molar-refractivity contribution in [2.45, 2.75) is 40.0 Å². The summed E-state index contributed by atoms with van der Waals surface area (Å²) in [7, 11) is 0. The molecule has 0 radical (unpaired) electrons. The lowest BCUT2D eigenvalue weighted by atomic mass is 9.74. The van der Waals surface area contributed by atoms with Crippen LogP contribution in [-0.4, -0.2) is 12.3 Å². The van der Waals surface area contributed by atoms with Crippen LogP contribution in [0.4, 0.5) is 0 Å². The van der Waals surface area contributed by atoms with Crippen LogP contribution in [0.1, 0.15) is 40.0 Å². The van der Waals surface area contributed by atoms with Crippen molar-refractivity contribution in [1.29, 1.82) is 5.26 Å². The fraction of sp³-hybridized carbons (Fsp3) is 0.474. The molecule has 2 nitrogen and oxygen atoms in total. The van der Waals surface area contributed by atoms with E-state index in [0.717, 1.165) is 31.5 Å². The topological polar surface area (TPSA) is 36.1 Å². The molecule has 2 rings (SSSR count). The molecule has 0 aliphatic heterocycles. The van der Waals surface area contributed by atoms with Crippen molar-refractivity contribution < 1.29 is 0 Å². The first kappa shape index (κ1) is 15.5. The molecule has 0 bridgehead atoms. The van der Waals surface area contributed by atoms with E-state index in [9.17, 15) is 0 Å². The van der Waals surface area contributed by atoms with Gasteiger partial charge in [-0.05, 0) is 43.3 Å². The van der Waals surface area contributed by atoms with Crippen LogP contribution in [0.5, 0.6) is 0 Å². The Hall–Kier alpha value is -1.88. The number of allylic oxidation sites excluding steroid dienone is 6. The first-order valence-corrected chi connectivity index (χ1v) is 7.66. The van der Waals surface area contributed by atoms with Gasteiger partial charge in [-0.25, -0.2) is 0 Å². The van der Waals surface area contributed by atoms with Crippen LogP contribution in [0.15, 0.2) is 52.6 Å². The second kappa shape index (κ2) is 6.72. The summed E-state index contributed by atoms with van der Waals surface area (Å²) < 4.78 is 0. The Morgan fingerprint density at radius 2 is 2.14 bits per heavy atom. The average Bonchev–Trinajstić information content (AvgIpc) is 2.71. The van der Waals surface area contributed by atoms with E-state index in [2.05, 4.69) is 56.4 Å². The van der Waals surface area contributed by atoms with Crippen LogP contribution >= 0.6 is 0 Å². The highest BCUT2D eigenvalue weighted by atomic mass is 14.7. The van der Waals surface area contributed by atoms with Crippen molar-refractivity contribution in [3.8, 4) is 6.07 Å². The summed E-state index contributed by atoms with van der Waals surface area (Å²) in [6.45, 7) is 7.21. The zero-order valence-electron chi connectivity index (χ0n) is 13.3. The molecule has 0 spiro atoms. The smallest absolute Gasteiger partial charge is 0.0697 e. The van der Waals surface area contributed by atoms with Crippen molar-refractivity contribution in [1.82, 2.24) is 0 Å². The molecule has 21 heavy (non-hydrogen) atoms. The quantitative estimate of drug-likeness (QED) is 0.733. The highest BCUT2D eigenvalue weighted by Crippen LogP contribution is 2.36. The molecule has 2 aliphatic rings. The summed E-state index contributed by atoms with van der Waals surface area (Å²) in [4.78, 5) is 4.79. The number of hydrogen-bond donors (Lipinski definition) is 0. The number of nitriles is 1. The lowest BCUT2D eigenvalue weighted by Crippen LogP contribution is -2.24. The summed E-state index contributed by atoms with van der Waals surface area (Å²) in [5.74, 6) is -0.0188. The minimum atomic E-state index is -0.0188. The highest BCUT2D eigenvalue weighted by molar-refractivity contribution is 5.97. The van der Waals surface area contributed by atoms with E-state index in [1.807, 2.05) is 6.92 Å². The number of rotatable bonds is 3. The summed E-state index contributed by atoms with van der Waals surface area (Å²) in [5.41, 5.74) is 3.79. The normalized spacial score (nSPS) is 24.0. The Morgan fingerprint density at radius 3 is 2.90 bits per heavy atom. The van der Waals surface area contributed by atoms with Gasteiger partial charge in [0.15, 0.2) is 0 Å². The molecule has 2 aliphatic carbocycles. The van der Waals surface area contributed by atoms with Crippen LogP contribution in [0.2, 0.25) is 0 Å². The minimum Gasteiger partial charge on any atom is -0.285 e. The third kappa shape index (κ3) is 4.56. The Bertz CT molecular complexity index is 577. The zero-order chi connectivity index (χ0) is 15.3. The molecular weight excluding hydrogens is 256 g/mol. The standard InChI is InChI=1S/C19H24N2/c1-15(13-20)17-10-18(12-19(2,3)11-17)21-14-16-8-6-4-5-7-9-16/h4,6-10,15H,5,11-12,14H2,1-3H3. The Morgan fingerprint density at radius 1 is 1.33 bits per heavy atom. The van der Waals surface area contributed by atoms with Crippen molar-refractivity contribution in [3.05, 3.63) is 47.6 Å². The van der Waals surface area contributed by atoms with Gasteiger partial charge in [0.05, 0.1) is 18.5 Å². The third-order valence-electron chi connectivity index (χ3n) is 3.96. The molecule has 0 amide bonds. The second-order valence-electron chi connectivity index (χ2n) is 6.70. The number of hydrogen-bond acceptors (Lipinski definition) is 2. The molecule has 1 atom stereocenters. The lowest BCUT2D eigenvalue weighted by Gasteiger charge is -2.31. The summed E-state index contributed by atoms with van der Waals surface area (Å²) in [6.07, 6.45) is 15.8. The predicted octanol–water partition coefficient (Wildman–Crippen LogP) is 4.78. The van der Waals surface area contributed by atoms with Crippen molar-refractivity contribution in [3.63, 3.8) is 0 Å². The fourth-order valence-corrected chi connectivity index (χ4v) is 2.81. The van der Waals surface area contributed by atoms with Crippen LogP contribution in [-0.2, 0) is 0 Å². The molecule has 1 unspecified atom stereocenters.